The highest BCUT2D eigenvalue weighted by molar-refractivity contribution is 8.01. The van der Waals surface area contributed by atoms with Crippen molar-refractivity contribution in [3.8, 4) is 0 Å². The third-order valence-corrected chi connectivity index (χ3v) is 5.60. The molecule has 0 bridgehead atoms. The van der Waals surface area contributed by atoms with Crippen molar-refractivity contribution >= 4 is 23.6 Å². The smallest absolute Gasteiger partial charge is 0.355 e. The van der Waals surface area contributed by atoms with E-state index < -0.39 is 17.1 Å². The molecular weight excluding hydrogens is 379 g/mol. The van der Waals surface area contributed by atoms with E-state index in [1.54, 1.807) is 13.0 Å². The summed E-state index contributed by atoms with van der Waals surface area (Å²) in [5, 5.41) is 1.89. The van der Waals surface area contributed by atoms with Crippen molar-refractivity contribution in [3.63, 3.8) is 0 Å². The zero-order chi connectivity index (χ0) is 20.2. The average Bonchev–Trinajstić information content (AvgIpc) is 2.87. The summed E-state index contributed by atoms with van der Waals surface area (Å²) >= 11 is 1.30. The number of alkyl halides is 3. The molecule has 1 aromatic carbocycles. The van der Waals surface area contributed by atoms with Gasteiger partial charge in [-0.3, -0.25) is 9.59 Å². The van der Waals surface area contributed by atoms with Crippen LogP contribution in [0.4, 0.5) is 13.2 Å². The fourth-order valence-corrected chi connectivity index (χ4v) is 4.06. The Kier molecular flexibility index (Phi) is 7.16. The number of benzene rings is 1. The quantitative estimate of drug-likeness (QED) is 0.761. The maximum atomic E-state index is 13.0. The van der Waals surface area contributed by atoms with Crippen molar-refractivity contribution < 1.29 is 22.8 Å². The van der Waals surface area contributed by atoms with Gasteiger partial charge in [0.1, 0.15) is 5.37 Å². The predicted octanol–water partition coefficient (Wildman–Crippen LogP) is 2.74. The van der Waals surface area contributed by atoms with Crippen LogP contribution in [0.25, 0.3) is 0 Å². The maximum Gasteiger partial charge on any atom is 0.416 e. The van der Waals surface area contributed by atoms with Gasteiger partial charge in [0, 0.05) is 26.1 Å². The molecule has 0 saturated carbocycles. The first kappa shape index (κ1) is 21.6. The van der Waals surface area contributed by atoms with E-state index in [0.29, 0.717) is 18.7 Å². The second kappa shape index (κ2) is 8.97. The van der Waals surface area contributed by atoms with E-state index in [2.05, 4.69) is 5.32 Å². The first-order chi connectivity index (χ1) is 12.6. The van der Waals surface area contributed by atoms with Gasteiger partial charge < -0.3 is 15.1 Å². The summed E-state index contributed by atoms with van der Waals surface area (Å²) in [5.74, 6) is -0.347. The lowest BCUT2D eigenvalue weighted by Gasteiger charge is -2.24. The van der Waals surface area contributed by atoms with Gasteiger partial charge in [-0.25, -0.2) is 0 Å². The number of hydrogen-bond donors (Lipinski definition) is 1. The van der Waals surface area contributed by atoms with Gasteiger partial charge in [0.15, 0.2) is 0 Å². The number of rotatable bonds is 7. The molecule has 1 N–H and O–H groups in total. The van der Waals surface area contributed by atoms with Gasteiger partial charge in [0.2, 0.25) is 11.8 Å². The molecular formula is C18H24F3N3O2S. The number of hydrogen-bond acceptors (Lipinski definition) is 4. The molecule has 1 aromatic rings. The van der Waals surface area contributed by atoms with E-state index in [9.17, 15) is 22.8 Å². The molecule has 1 heterocycles. The summed E-state index contributed by atoms with van der Waals surface area (Å²) in [6.07, 6.45) is -4.33. The fourth-order valence-electron chi connectivity index (χ4n) is 2.76. The number of nitrogens with zero attached hydrogens (tertiary/aromatic N) is 2. The molecule has 0 radical (unpaired) electrons. The second-order valence-electron chi connectivity index (χ2n) is 6.69. The van der Waals surface area contributed by atoms with Crippen molar-refractivity contribution in [1.82, 2.24) is 15.1 Å². The largest absolute Gasteiger partial charge is 0.416 e. The zero-order valence-corrected chi connectivity index (χ0v) is 16.4. The van der Waals surface area contributed by atoms with Crippen LogP contribution in [0.2, 0.25) is 0 Å². The molecule has 0 spiro atoms. The number of carbonyl (C=O) groups excluding carboxylic acids is 2. The van der Waals surface area contributed by atoms with E-state index in [1.807, 2.05) is 19.0 Å². The highest BCUT2D eigenvalue weighted by Gasteiger charge is 2.39. The van der Waals surface area contributed by atoms with E-state index in [0.717, 1.165) is 12.1 Å². The Morgan fingerprint density at radius 2 is 2.04 bits per heavy atom. The van der Waals surface area contributed by atoms with E-state index in [4.69, 9.17) is 0 Å². The van der Waals surface area contributed by atoms with Crippen LogP contribution in [-0.2, 0) is 15.8 Å². The van der Waals surface area contributed by atoms with Crippen LogP contribution >= 0.6 is 11.8 Å². The molecule has 0 aliphatic carbocycles. The number of likely N-dealkylation sites (N-methyl/N-ethyl adjacent to an activating group) is 1. The van der Waals surface area contributed by atoms with Crippen molar-refractivity contribution in [3.05, 3.63) is 35.4 Å². The summed E-state index contributed by atoms with van der Waals surface area (Å²) in [6, 6.07) is 5.02. The molecule has 1 saturated heterocycles. The highest BCUT2D eigenvalue weighted by atomic mass is 32.2. The third-order valence-electron chi connectivity index (χ3n) is 4.21. The van der Waals surface area contributed by atoms with Crippen LogP contribution in [0.1, 0.15) is 29.8 Å². The molecule has 9 heteroatoms. The van der Waals surface area contributed by atoms with Crippen molar-refractivity contribution in [2.45, 2.75) is 30.1 Å². The fraction of sp³-hybridized carbons (Fsp3) is 0.556. The summed E-state index contributed by atoms with van der Waals surface area (Å²) in [5.41, 5.74) is -0.325. The van der Waals surface area contributed by atoms with Gasteiger partial charge >= 0.3 is 6.18 Å². The Balaban J connectivity index is 2.06. The first-order valence-electron chi connectivity index (χ1n) is 8.64. The molecule has 150 valence electrons. The standard InChI is InChI=1S/C18H24F3N3O2S/c1-12-16(26)24(9-7-15(25)22-8-10-23(2)3)17(27-12)13-5-4-6-14(11-13)18(19,20)21/h4-6,11-12,17H,7-10H2,1-3H3,(H,22,25)/t12-,17-/m0/s1. The van der Waals surface area contributed by atoms with Crippen LogP contribution in [0.3, 0.4) is 0 Å². The van der Waals surface area contributed by atoms with E-state index in [1.165, 1.54) is 22.7 Å². The van der Waals surface area contributed by atoms with Gasteiger partial charge in [-0.05, 0) is 38.7 Å². The lowest BCUT2D eigenvalue weighted by Crippen LogP contribution is -2.36. The molecule has 27 heavy (non-hydrogen) atoms. The summed E-state index contributed by atoms with van der Waals surface area (Å²) in [7, 11) is 3.79. The summed E-state index contributed by atoms with van der Waals surface area (Å²) in [6.45, 7) is 3.10. The van der Waals surface area contributed by atoms with Crippen molar-refractivity contribution in [1.29, 1.82) is 0 Å². The Hall–Kier alpha value is -1.74. The van der Waals surface area contributed by atoms with Crippen LogP contribution < -0.4 is 5.32 Å². The molecule has 2 rings (SSSR count). The van der Waals surface area contributed by atoms with Crippen LogP contribution in [-0.4, -0.2) is 60.6 Å². The molecule has 1 aliphatic rings. The summed E-state index contributed by atoms with van der Waals surface area (Å²) in [4.78, 5) is 27.8. The number of thioether (sulfide) groups is 1. The minimum atomic E-state index is -4.44. The third kappa shape index (κ3) is 5.87. The molecule has 2 amide bonds. The van der Waals surface area contributed by atoms with Crippen LogP contribution in [0, 0.1) is 0 Å². The second-order valence-corrected chi connectivity index (χ2v) is 8.11. The predicted molar refractivity (Wildman–Crippen MR) is 99.1 cm³/mol. The number of amides is 2. The maximum absolute atomic E-state index is 13.0. The van der Waals surface area contributed by atoms with E-state index in [-0.39, 0.29) is 30.0 Å². The Morgan fingerprint density at radius 3 is 2.67 bits per heavy atom. The van der Waals surface area contributed by atoms with Crippen molar-refractivity contribution in [2.75, 3.05) is 33.7 Å². The van der Waals surface area contributed by atoms with Gasteiger partial charge in [-0.15, -0.1) is 11.8 Å². The van der Waals surface area contributed by atoms with Crippen molar-refractivity contribution in [2.24, 2.45) is 0 Å². The van der Waals surface area contributed by atoms with Crippen LogP contribution in [0.15, 0.2) is 24.3 Å². The van der Waals surface area contributed by atoms with E-state index >= 15 is 0 Å². The SMILES string of the molecule is C[C@@H]1S[C@@H](c2cccc(C(F)(F)F)c2)N(CCC(=O)NCCN(C)C)C1=O. The topological polar surface area (TPSA) is 52.7 Å². The van der Waals surface area contributed by atoms with Crippen LogP contribution in [0.5, 0.6) is 0 Å². The summed E-state index contributed by atoms with van der Waals surface area (Å²) < 4.78 is 39.0. The normalized spacial score (nSPS) is 20.4. The Morgan fingerprint density at radius 1 is 1.33 bits per heavy atom. The highest BCUT2D eigenvalue weighted by Crippen LogP contribution is 2.44. The van der Waals surface area contributed by atoms with Gasteiger partial charge in [0.05, 0.1) is 10.8 Å². The average molecular weight is 403 g/mol. The molecule has 0 aromatic heterocycles. The lowest BCUT2D eigenvalue weighted by atomic mass is 10.1. The minimum absolute atomic E-state index is 0.113. The number of carbonyl (C=O) groups is 2. The molecule has 5 nitrogen and oxygen atoms in total. The van der Waals surface area contributed by atoms with Gasteiger partial charge in [-0.1, -0.05) is 12.1 Å². The minimum Gasteiger partial charge on any atom is -0.355 e. The molecule has 0 unspecified atom stereocenters. The molecule has 2 atom stereocenters. The zero-order valence-electron chi connectivity index (χ0n) is 15.5. The van der Waals surface area contributed by atoms with Gasteiger partial charge in [-0.2, -0.15) is 13.2 Å². The van der Waals surface area contributed by atoms with Gasteiger partial charge in [0.25, 0.3) is 0 Å². The number of nitrogens with one attached hydrogen (secondary N) is 1. The monoisotopic (exact) mass is 403 g/mol. The number of halogens is 3. The first-order valence-corrected chi connectivity index (χ1v) is 9.58. The molecule has 1 fully saturated rings. The Labute approximate surface area is 161 Å². The Bertz CT molecular complexity index is 682. The lowest BCUT2D eigenvalue weighted by molar-refractivity contribution is -0.137. The molecule has 1 aliphatic heterocycles.